The Hall–Kier alpha value is -2.64. The molecule has 4 rings (SSSR count). The van der Waals surface area contributed by atoms with Gasteiger partial charge in [0, 0.05) is 35.3 Å². The number of benzene rings is 3. The lowest BCUT2D eigenvalue weighted by Crippen LogP contribution is -2.27. The van der Waals surface area contributed by atoms with Crippen LogP contribution in [0.25, 0.3) is 10.9 Å². The van der Waals surface area contributed by atoms with E-state index < -0.39 is 10.0 Å². The second kappa shape index (κ2) is 9.69. The van der Waals surface area contributed by atoms with Gasteiger partial charge in [-0.1, -0.05) is 71.7 Å². The topological polar surface area (TPSA) is 59.5 Å². The van der Waals surface area contributed by atoms with Crippen molar-refractivity contribution in [3.05, 3.63) is 99.7 Å². The third-order valence-electron chi connectivity index (χ3n) is 5.28. The molecule has 0 radical (unpaired) electrons. The van der Waals surface area contributed by atoms with E-state index in [0.717, 1.165) is 22.2 Å². The minimum atomic E-state index is -3.86. The van der Waals surface area contributed by atoms with E-state index in [2.05, 4.69) is 4.98 Å². The number of aryl methyl sites for hydroxylation is 1. The zero-order chi connectivity index (χ0) is 23.6. The molecule has 3 aromatic carbocycles. The van der Waals surface area contributed by atoms with Crippen LogP contribution in [0.1, 0.15) is 16.8 Å². The standard InChI is InChI=1S/C25H22Cl2N2O3S/c1-17-11-12-19-9-6-10-22(25(19)28-17)32-16-20-21(26)13-14-23(24(20)27)33(30,31)29(2)15-18-7-4-3-5-8-18/h3-14H,15-16H2,1-2H3. The molecule has 1 aromatic heterocycles. The van der Waals surface area contributed by atoms with E-state index in [9.17, 15) is 8.42 Å². The van der Waals surface area contributed by atoms with Crippen LogP contribution in [-0.2, 0) is 23.2 Å². The first-order chi connectivity index (χ1) is 15.8. The van der Waals surface area contributed by atoms with Crippen molar-refractivity contribution in [2.75, 3.05) is 7.05 Å². The fourth-order valence-corrected chi connectivity index (χ4v) is 5.50. The van der Waals surface area contributed by atoms with Crippen LogP contribution in [0.2, 0.25) is 10.0 Å². The Morgan fingerprint density at radius 1 is 0.939 bits per heavy atom. The lowest BCUT2D eigenvalue weighted by Gasteiger charge is -2.20. The molecule has 0 saturated carbocycles. The summed E-state index contributed by atoms with van der Waals surface area (Å²) in [5.41, 5.74) is 2.86. The summed E-state index contributed by atoms with van der Waals surface area (Å²) >= 11 is 13.0. The summed E-state index contributed by atoms with van der Waals surface area (Å²) in [6.45, 7) is 2.12. The molecule has 0 N–H and O–H groups in total. The predicted molar refractivity (Wildman–Crippen MR) is 132 cm³/mol. The quantitative estimate of drug-likeness (QED) is 0.300. The van der Waals surface area contributed by atoms with Crippen molar-refractivity contribution in [1.29, 1.82) is 0 Å². The highest BCUT2D eigenvalue weighted by Crippen LogP contribution is 2.34. The Labute approximate surface area is 203 Å². The van der Waals surface area contributed by atoms with Gasteiger partial charge >= 0.3 is 0 Å². The van der Waals surface area contributed by atoms with E-state index >= 15 is 0 Å². The molecule has 0 atom stereocenters. The fourth-order valence-electron chi connectivity index (χ4n) is 3.48. The Bertz CT molecular complexity index is 1410. The van der Waals surface area contributed by atoms with Gasteiger partial charge in [0.05, 0.1) is 5.02 Å². The molecule has 0 aliphatic rings. The number of halogens is 2. The largest absolute Gasteiger partial charge is 0.487 e. The van der Waals surface area contributed by atoms with Crippen molar-refractivity contribution in [3.8, 4) is 5.75 Å². The van der Waals surface area contributed by atoms with E-state index in [0.29, 0.717) is 16.3 Å². The molecule has 0 spiro atoms. The molecule has 0 saturated heterocycles. The highest BCUT2D eigenvalue weighted by atomic mass is 35.5. The van der Waals surface area contributed by atoms with Gasteiger partial charge in [-0.2, -0.15) is 4.31 Å². The van der Waals surface area contributed by atoms with Gasteiger partial charge in [-0.25, -0.2) is 13.4 Å². The van der Waals surface area contributed by atoms with Crippen molar-refractivity contribution in [1.82, 2.24) is 9.29 Å². The summed E-state index contributed by atoms with van der Waals surface area (Å²) in [6, 6.07) is 21.8. The van der Waals surface area contributed by atoms with Gasteiger partial charge in [0.25, 0.3) is 0 Å². The van der Waals surface area contributed by atoms with Gasteiger partial charge in [0.2, 0.25) is 10.0 Å². The van der Waals surface area contributed by atoms with Crippen molar-refractivity contribution in [2.24, 2.45) is 0 Å². The number of nitrogens with zero attached hydrogens (tertiary/aromatic N) is 2. The Kier molecular flexibility index (Phi) is 6.91. The number of hydrogen-bond donors (Lipinski definition) is 0. The molecule has 0 bridgehead atoms. The van der Waals surface area contributed by atoms with Gasteiger partial charge in [0.1, 0.15) is 22.8 Å². The first-order valence-electron chi connectivity index (χ1n) is 10.2. The van der Waals surface area contributed by atoms with Crippen LogP contribution in [0.5, 0.6) is 5.75 Å². The van der Waals surface area contributed by atoms with E-state index in [4.69, 9.17) is 27.9 Å². The molecule has 1 heterocycles. The number of para-hydroxylation sites is 1. The molecule has 0 unspecified atom stereocenters. The molecule has 5 nitrogen and oxygen atoms in total. The van der Waals surface area contributed by atoms with Crippen molar-refractivity contribution < 1.29 is 13.2 Å². The second-order valence-electron chi connectivity index (χ2n) is 7.65. The maximum absolute atomic E-state index is 13.3. The number of fused-ring (bicyclic) bond motifs is 1. The number of aromatic nitrogens is 1. The SMILES string of the molecule is Cc1ccc2cccc(OCc3c(Cl)ccc(S(=O)(=O)N(C)Cc4ccccc4)c3Cl)c2n1. The molecule has 8 heteroatoms. The van der Waals surface area contributed by atoms with Crippen LogP contribution in [-0.4, -0.2) is 24.8 Å². The zero-order valence-electron chi connectivity index (χ0n) is 18.1. The van der Waals surface area contributed by atoms with Crippen LogP contribution >= 0.6 is 23.2 Å². The number of hydrogen-bond acceptors (Lipinski definition) is 4. The molecule has 33 heavy (non-hydrogen) atoms. The van der Waals surface area contributed by atoms with E-state index in [1.165, 1.54) is 23.5 Å². The van der Waals surface area contributed by atoms with Crippen molar-refractivity contribution in [2.45, 2.75) is 25.0 Å². The number of pyridine rings is 1. The Balaban J connectivity index is 1.63. The molecular weight excluding hydrogens is 479 g/mol. The van der Waals surface area contributed by atoms with Gasteiger partial charge in [-0.3, -0.25) is 0 Å². The van der Waals surface area contributed by atoms with E-state index in [1.54, 1.807) is 0 Å². The maximum Gasteiger partial charge on any atom is 0.244 e. The average Bonchev–Trinajstić information content (AvgIpc) is 2.79. The smallest absolute Gasteiger partial charge is 0.244 e. The first kappa shape index (κ1) is 23.5. The maximum atomic E-state index is 13.3. The van der Waals surface area contributed by atoms with Crippen LogP contribution < -0.4 is 4.74 Å². The number of ether oxygens (including phenoxy) is 1. The van der Waals surface area contributed by atoms with Crippen molar-refractivity contribution >= 4 is 44.1 Å². The molecule has 0 amide bonds. The van der Waals surface area contributed by atoms with Gasteiger partial charge in [0.15, 0.2) is 0 Å². The first-order valence-corrected chi connectivity index (χ1v) is 12.4. The van der Waals surface area contributed by atoms with Gasteiger partial charge < -0.3 is 4.74 Å². The normalized spacial score (nSPS) is 11.8. The highest BCUT2D eigenvalue weighted by Gasteiger charge is 2.26. The van der Waals surface area contributed by atoms with Gasteiger partial charge in [-0.15, -0.1) is 0 Å². The summed E-state index contributed by atoms with van der Waals surface area (Å²) in [7, 11) is -2.33. The predicted octanol–water partition coefficient (Wildman–Crippen LogP) is 6.25. The minimum Gasteiger partial charge on any atom is -0.487 e. The molecule has 0 aliphatic heterocycles. The van der Waals surface area contributed by atoms with Crippen LogP contribution in [0, 0.1) is 6.92 Å². The van der Waals surface area contributed by atoms with Gasteiger partial charge in [-0.05, 0) is 36.8 Å². The third kappa shape index (κ3) is 4.99. The fraction of sp³-hybridized carbons (Fsp3) is 0.160. The van der Waals surface area contributed by atoms with Crippen LogP contribution in [0.4, 0.5) is 0 Å². The Morgan fingerprint density at radius 3 is 2.45 bits per heavy atom. The molecule has 0 fully saturated rings. The molecular formula is C25H22Cl2N2O3S. The van der Waals surface area contributed by atoms with E-state index in [-0.39, 0.29) is 23.1 Å². The van der Waals surface area contributed by atoms with Crippen LogP contribution in [0.3, 0.4) is 0 Å². The summed E-state index contributed by atoms with van der Waals surface area (Å²) < 4.78 is 33.8. The number of sulfonamides is 1. The van der Waals surface area contributed by atoms with Crippen molar-refractivity contribution in [3.63, 3.8) is 0 Å². The monoisotopic (exact) mass is 500 g/mol. The summed E-state index contributed by atoms with van der Waals surface area (Å²) in [6.07, 6.45) is 0. The van der Waals surface area contributed by atoms with E-state index in [1.807, 2.05) is 67.6 Å². The second-order valence-corrected chi connectivity index (χ2v) is 10.5. The minimum absolute atomic E-state index is 0.00182. The zero-order valence-corrected chi connectivity index (χ0v) is 20.5. The Morgan fingerprint density at radius 2 is 1.70 bits per heavy atom. The molecule has 4 aromatic rings. The summed E-state index contributed by atoms with van der Waals surface area (Å²) in [5, 5.41) is 1.31. The highest BCUT2D eigenvalue weighted by molar-refractivity contribution is 7.89. The molecule has 0 aliphatic carbocycles. The third-order valence-corrected chi connectivity index (χ3v) is 8.03. The van der Waals surface area contributed by atoms with Crippen LogP contribution in [0.15, 0.2) is 77.7 Å². The summed E-state index contributed by atoms with van der Waals surface area (Å²) in [5.74, 6) is 0.567. The lowest BCUT2D eigenvalue weighted by atomic mass is 10.2. The lowest BCUT2D eigenvalue weighted by molar-refractivity contribution is 0.309. The summed E-state index contributed by atoms with van der Waals surface area (Å²) in [4.78, 5) is 4.54. The number of rotatable bonds is 7. The molecule has 170 valence electrons. The average molecular weight is 501 g/mol.